The van der Waals surface area contributed by atoms with Crippen LogP contribution in [0.15, 0.2) is 30.3 Å². The fourth-order valence-corrected chi connectivity index (χ4v) is 3.76. The van der Waals surface area contributed by atoms with E-state index < -0.39 is 0 Å². The Morgan fingerprint density at radius 3 is 2.52 bits per heavy atom. The predicted octanol–water partition coefficient (Wildman–Crippen LogP) is 3.41. The molecule has 2 aliphatic rings. The standard InChI is InChI=1S/C20H29NO2/c1-15(13-16-7-3-2-4-8-16)20(23)21(14-17-11-12-17)18-9-5-6-10-19(18)22/h2-4,7-8,15,17-19,22H,5-6,9-14H2,1H3/t15-,18-,19-/m1/s1. The fraction of sp³-hybridized carbons (Fsp3) is 0.650. The number of amides is 1. The van der Waals surface area contributed by atoms with Crippen LogP contribution in [0.4, 0.5) is 0 Å². The molecule has 1 aromatic carbocycles. The summed E-state index contributed by atoms with van der Waals surface area (Å²) in [5.74, 6) is 0.869. The Hall–Kier alpha value is -1.35. The minimum atomic E-state index is -0.338. The molecule has 0 heterocycles. The van der Waals surface area contributed by atoms with Gasteiger partial charge in [-0.05, 0) is 43.6 Å². The lowest BCUT2D eigenvalue weighted by molar-refractivity contribution is -0.141. The van der Waals surface area contributed by atoms with Gasteiger partial charge in [0.15, 0.2) is 0 Å². The maximum Gasteiger partial charge on any atom is 0.226 e. The lowest BCUT2D eigenvalue weighted by Crippen LogP contribution is -2.51. The monoisotopic (exact) mass is 315 g/mol. The summed E-state index contributed by atoms with van der Waals surface area (Å²) in [5.41, 5.74) is 1.21. The van der Waals surface area contributed by atoms with E-state index in [0.717, 1.165) is 38.6 Å². The van der Waals surface area contributed by atoms with E-state index in [2.05, 4.69) is 12.1 Å². The number of hydrogen-bond acceptors (Lipinski definition) is 2. The molecular weight excluding hydrogens is 286 g/mol. The number of benzene rings is 1. The summed E-state index contributed by atoms with van der Waals surface area (Å²) in [7, 11) is 0. The lowest BCUT2D eigenvalue weighted by atomic mass is 9.89. The summed E-state index contributed by atoms with van der Waals surface area (Å²) in [5, 5.41) is 10.4. The van der Waals surface area contributed by atoms with Crippen LogP contribution >= 0.6 is 0 Å². The molecule has 3 nitrogen and oxygen atoms in total. The van der Waals surface area contributed by atoms with Crippen molar-refractivity contribution in [3.05, 3.63) is 35.9 Å². The molecule has 3 rings (SSSR count). The number of hydrogen-bond donors (Lipinski definition) is 1. The van der Waals surface area contributed by atoms with Gasteiger partial charge in [-0.2, -0.15) is 0 Å². The molecule has 0 radical (unpaired) electrons. The van der Waals surface area contributed by atoms with E-state index in [1.54, 1.807) is 0 Å². The third-order valence-electron chi connectivity index (χ3n) is 5.34. The second-order valence-corrected chi connectivity index (χ2v) is 7.44. The number of rotatable bonds is 6. The molecule has 2 aliphatic carbocycles. The van der Waals surface area contributed by atoms with Crippen molar-refractivity contribution in [1.29, 1.82) is 0 Å². The SMILES string of the molecule is C[C@H](Cc1ccccc1)C(=O)N(CC1CC1)[C@@H]1CCCC[C@H]1O. The Kier molecular flexibility index (Phi) is 5.37. The van der Waals surface area contributed by atoms with E-state index in [4.69, 9.17) is 0 Å². The highest BCUT2D eigenvalue weighted by molar-refractivity contribution is 5.79. The minimum absolute atomic E-state index is 0.0229. The van der Waals surface area contributed by atoms with Crippen molar-refractivity contribution in [2.45, 2.75) is 64.0 Å². The summed E-state index contributed by atoms with van der Waals surface area (Å²) >= 11 is 0. The van der Waals surface area contributed by atoms with Crippen LogP contribution < -0.4 is 0 Å². The molecule has 0 bridgehead atoms. The number of aliphatic hydroxyl groups excluding tert-OH is 1. The van der Waals surface area contributed by atoms with Crippen molar-refractivity contribution < 1.29 is 9.90 Å². The first-order chi connectivity index (χ1) is 11.1. The zero-order valence-electron chi connectivity index (χ0n) is 14.2. The van der Waals surface area contributed by atoms with Gasteiger partial charge in [0.1, 0.15) is 0 Å². The quantitative estimate of drug-likeness (QED) is 0.874. The molecule has 0 unspecified atom stereocenters. The van der Waals surface area contributed by atoms with Gasteiger partial charge in [0.25, 0.3) is 0 Å². The van der Waals surface area contributed by atoms with Crippen LogP contribution in [-0.2, 0) is 11.2 Å². The number of carbonyl (C=O) groups is 1. The smallest absolute Gasteiger partial charge is 0.226 e. The van der Waals surface area contributed by atoms with Gasteiger partial charge in [-0.25, -0.2) is 0 Å². The summed E-state index contributed by atoms with van der Waals surface area (Å²) in [6.45, 7) is 2.88. The molecule has 0 spiro atoms. The van der Waals surface area contributed by atoms with Gasteiger partial charge in [0.2, 0.25) is 5.91 Å². The Balaban J connectivity index is 1.68. The lowest BCUT2D eigenvalue weighted by Gasteiger charge is -2.39. The van der Waals surface area contributed by atoms with Gasteiger partial charge in [0, 0.05) is 12.5 Å². The average Bonchev–Trinajstić information content (AvgIpc) is 3.38. The first kappa shape index (κ1) is 16.5. The van der Waals surface area contributed by atoms with Crippen molar-refractivity contribution in [2.24, 2.45) is 11.8 Å². The summed E-state index contributed by atoms with van der Waals surface area (Å²) in [6.07, 6.45) is 6.93. The highest BCUT2D eigenvalue weighted by Gasteiger charge is 2.37. The largest absolute Gasteiger partial charge is 0.391 e. The van der Waals surface area contributed by atoms with E-state index in [9.17, 15) is 9.90 Å². The van der Waals surface area contributed by atoms with Crippen LogP contribution in [0, 0.1) is 11.8 Å². The second kappa shape index (κ2) is 7.48. The van der Waals surface area contributed by atoms with Crippen LogP contribution in [0.5, 0.6) is 0 Å². The number of aliphatic hydroxyl groups is 1. The van der Waals surface area contributed by atoms with E-state index in [1.807, 2.05) is 30.0 Å². The van der Waals surface area contributed by atoms with Crippen LogP contribution in [0.1, 0.15) is 51.0 Å². The van der Waals surface area contributed by atoms with Crippen LogP contribution in [0.2, 0.25) is 0 Å². The van der Waals surface area contributed by atoms with Crippen LogP contribution in [-0.4, -0.2) is 34.6 Å². The van der Waals surface area contributed by atoms with Crippen molar-refractivity contribution in [1.82, 2.24) is 4.90 Å². The van der Waals surface area contributed by atoms with Crippen LogP contribution in [0.25, 0.3) is 0 Å². The van der Waals surface area contributed by atoms with E-state index >= 15 is 0 Å². The van der Waals surface area contributed by atoms with E-state index in [1.165, 1.54) is 18.4 Å². The van der Waals surface area contributed by atoms with Gasteiger partial charge in [0.05, 0.1) is 12.1 Å². The first-order valence-corrected chi connectivity index (χ1v) is 9.17. The second-order valence-electron chi connectivity index (χ2n) is 7.44. The molecule has 2 fully saturated rings. The molecule has 0 saturated heterocycles. The molecular formula is C20H29NO2. The third-order valence-corrected chi connectivity index (χ3v) is 5.34. The van der Waals surface area contributed by atoms with Gasteiger partial charge < -0.3 is 10.0 Å². The topological polar surface area (TPSA) is 40.5 Å². The van der Waals surface area contributed by atoms with Crippen molar-refractivity contribution in [3.8, 4) is 0 Å². The molecule has 1 aromatic rings. The van der Waals surface area contributed by atoms with Gasteiger partial charge in [-0.15, -0.1) is 0 Å². The predicted molar refractivity (Wildman–Crippen MR) is 92.0 cm³/mol. The molecule has 0 aromatic heterocycles. The maximum absolute atomic E-state index is 13.1. The van der Waals surface area contributed by atoms with Crippen molar-refractivity contribution in [2.75, 3.05) is 6.54 Å². The van der Waals surface area contributed by atoms with E-state index in [0.29, 0.717) is 5.92 Å². The van der Waals surface area contributed by atoms with Gasteiger partial charge >= 0.3 is 0 Å². The van der Waals surface area contributed by atoms with Crippen molar-refractivity contribution in [3.63, 3.8) is 0 Å². The molecule has 3 atom stereocenters. The normalized spacial score (nSPS) is 25.8. The molecule has 2 saturated carbocycles. The molecule has 126 valence electrons. The summed E-state index contributed by atoms with van der Waals surface area (Å²) in [6, 6.07) is 10.3. The summed E-state index contributed by atoms with van der Waals surface area (Å²) < 4.78 is 0. The van der Waals surface area contributed by atoms with Gasteiger partial charge in [-0.1, -0.05) is 50.1 Å². The first-order valence-electron chi connectivity index (χ1n) is 9.17. The zero-order valence-corrected chi connectivity index (χ0v) is 14.2. The molecule has 1 amide bonds. The number of nitrogens with zero attached hydrogens (tertiary/aromatic N) is 1. The Labute approximate surface area is 139 Å². The number of carbonyl (C=O) groups excluding carboxylic acids is 1. The highest BCUT2D eigenvalue weighted by atomic mass is 16.3. The summed E-state index contributed by atoms with van der Waals surface area (Å²) in [4.78, 5) is 15.1. The van der Waals surface area contributed by atoms with Crippen LogP contribution in [0.3, 0.4) is 0 Å². The molecule has 23 heavy (non-hydrogen) atoms. The maximum atomic E-state index is 13.1. The zero-order chi connectivity index (χ0) is 16.2. The average molecular weight is 315 g/mol. The fourth-order valence-electron chi connectivity index (χ4n) is 3.76. The van der Waals surface area contributed by atoms with E-state index in [-0.39, 0.29) is 24.0 Å². The molecule has 1 N–H and O–H groups in total. The van der Waals surface area contributed by atoms with Gasteiger partial charge in [-0.3, -0.25) is 4.79 Å². The Morgan fingerprint density at radius 2 is 1.87 bits per heavy atom. The molecule has 0 aliphatic heterocycles. The third kappa shape index (κ3) is 4.35. The molecule has 3 heteroatoms. The Bertz CT molecular complexity index is 512. The Morgan fingerprint density at radius 1 is 1.17 bits per heavy atom. The highest BCUT2D eigenvalue weighted by Crippen LogP contribution is 2.33. The minimum Gasteiger partial charge on any atom is -0.391 e. The van der Waals surface area contributed by atoms with Crippen molar-refractivity contribution >= 4 is 5.91 Å².